The summed E-state index contributed by atoms with van der Waals surface area (Å²) in [6, 6.07) is 11.1. The Bertz CT molecular complexity index is 668. The van der Waals surface area contributed by atoms with E-state index in [0.29, 0.717) is 16.3 Å². The lowest BCUT2D eigenvalue weighted by Crippen LogP contribution is -2.15. The fourth-order valence-corrected chi connectivity index (χ4v) is 2.52. The van der Waals surface area contributed by atoms with E-state index in [4.69, 9.17) is 16.3 Å². The molecule has 110 valence electrons. The van der Waals surface area contributed by atoms with Crippen molar-refractivity contribution < 1.29 is 9.53 Å². The highest BCUT2D eigenvalue weighted by Crippen LogP contribution is 2.29. The zero-order valence-corrected chi connectivity index (χ0v) is 13.1. The van der Waals surface area contributed by atoms with Crippen molar-refractivity contribution in [2.75, 3.05) is 12.4 Å². The Morgan fingerprint density at radius 2 is 1.95 bits per heavy atom. The zero-order chi connectivity index (χ0) is 15.4. The van der Waals surface area contributed by atoms with Crippen LogP contribution in [0.25, 0.3) is 0 Å². The Morgan fingerprint density at radius 3 is 2.62 bits per heavy atom. The maximum atomic E-state index is 12.5. The van der Waals surface area contributed by atoms with Crippen LogP contribution < -0.4 is 10.1 Å². The van der Waals surface area contributed by atoms with E-state index >= 15 is 0 Å². The Labute approximate surface area is 129 Å². The molecule has 0 saturated heterocycles. The Morgan fingerprint density at radius 1 is 1.24 bits per heavy atom. The van der Waals surface area contributed by atoms with Gasteiger partial charge >= 0.3 is 0 Å². The summed E-state index contributed by atoms with van der Waals surface area (Å²) in [5, 5.41) is 3.28. The summed E-state index contributed by atoms with van der Waals surface area (Å²) in [6.07, 6.45) is 0.850. The highest BCUT2D eigenvalue weighted by Gasteiger charge is 2.16. The number of aryl methyl sites for hydroxylation is 2. The predicted octanol–water partition coefficient (Wildman–Crippen LogP) is 4.47. The Balaban J connectivity index is 2.35. The monoisotopic (exact) mass is 303 g/mol. The molecule has 2 rings (SSSR count). The van der Waals surface area contributed by atoms with Gasteiger partial charge in [0.15, 0.2) is 0 Å². The first-order valence-corrected chi connectivity index (χ1v) is 7.18. The number of nitrogens with one attached hydrogen (secondary N) is 1. The molecule has 0 unspecified atom stereocenters. The van der Waals surface area contributed by atoms with Gasteiger partial charge in [0.2, 0.25) is 0 Å². The summed E-state index contributed by atoms with van der Waals surface area (Å²) in [5.74, 6) is 0.257. The van der Waals surface area contributed by atoms with E-state index < -0.39 is 0 Å². The van der Waals surface area contributed by atoms with Crippen molar-refractivity contribution in [3.63, 3.8) is 0 Å². The van der Waals surface area contributed by atoms with Crippen molar-refractivity contribution in [1.29, 1.82) is 0 Å². The summed E-state index contributed by atoms with van der Waals surface area (Å²) in [4.78, 5) is 12.5. The van der Waals surface area contributed by atoms with Gasteiger partial charge in [0.25, 0.3) is 5.91 Å². The van der Waals surface area contributed by atoms with Crippen LogP contribution in [-0.4, -0.2) is 13.0 Å². The van der Waals surface area contributed by atoms with Crippen molar-refractivity contribution >= 4 is 23.2 Å². The average Bonchev–Trinajstić information content (AvgIpc) is 2.49. The van der Waals surface area contributed by atoms with Crippen molar-refractivity contribution in [2.24, 2.45) is 0 Å². The molecule has 0 radical (unpaired) electrons. The number of amides is 1. The minimum Gasteiger partial charge on any atom is -0.495 e. The summed E-state index contributed by atoms with van der Waals surface area (Å²) < 4.78 is 5.14. The number of methoxy groups -OCH3 is 1. The molecule has 0 saturated carbocycles. The molecule has 0 bridgehead atoms. The standard InChI is InChI=1S/C17H18ClNO2/c1-4-12-8-5-7-11(2)16(12)19-17(20)13-9-6-10-14(21-3)15(13)18/h5-10H,4H2,1-3H3,(H,19,20). The van der Waals surface area contributed by atoms with Crippen LogP contribution in [0.15, 0.2) is 36.4 Å². The van der Waals surface area contributed by atoms with Gasteiger partial charge < -0.3 is 10.1 Å². The highest BCUT2D eigenvalue weighted by molar-refractivity contribution is 6.35. The van der Waals surface area contributed by atoms with E-state index in [1.165, 1.54) is 7.11 Å². The summed E-state index contributed by atoms with van der Waals surface area (Å²) in [6.45, 7) is 4.03. The lowest BCUT2D eigenvalue weighted by Gasteiger charge is -2.14. The van der Waals surface area contributed by atoms with Crippen molar-refractivity contribution in [3.8, 4) is 5.75 Å². The maximum Gasteiger partial charge on any atom is 0.257 e. The van der Waals surface area contributed by atoms with E-state index in [1.807, 2.05) is 25.1 Å². The predicted molar refractivity (Wildman–Crippen MR) is 86.5 cm³/mol. The Hall–Kier alpha value is -2.00. The molecule has 0 aliphatic rings. The maximum absolute atomic E-state index is 12.5. The summed E-state index contributed by atoms with van der Waals surface area (Å²) >= 11 is 6.20. The summed E-state index contributed by atoms with van der Waals surface area (Å²) in [7, 11) is 1.53. The third-order valence-electron chi connectivity index (χ3n) is 3.41. The third kappa shape index (κ3) is 3.19. The van der Waals surface area contributed by atoms with E-state index in [2.05, 4.69) is 12.2 Å². The third-order valence-corrected chi connectivity index (χ3v) is 3.80. The molecule has 2 aromatic rings. The number of para-hydroxylation sites is 1. The average molecular weight is 304 g/mol. The molecule has 0 aliphatic carbocycles. The van der Waals surface area contributed by atoms with E-state index in [0.717, 1.165) is 23.2 Å². The molecular weight excluding hydrogens is 286 g/mol. The van der Waals surface area contributed by atoms with E-state index in [-0.39, 0.29) is 5.91 Å². The highest BCUT2D eigenvalue weighted by atomic mass is 35.5. The van der Waals surface area contributed by atoms with Crippen molar-refractivity contribution in [1.82, 2.24) is 0 Å². The fraction of sp³-hybridized carbons (Fsp3) is 0.235. The van der Waals surface area contributed by atoms with Crippen LogP contribution >= 0.6 is 11.6 Å². The Kier molecular flexibility index (Phi) is 4.86. The van der Waals surface area contributed by atoms with Gasteiger partial charge in [0, 0.05) is 5.69 Å². The lowest BCUT2D eigenvalue weighted by atomic mass is 10.1. The molecule has 0 aromatic heterocycles. The molecule has 21 heavy (non-hydrogen) atoms. The largest absolute Gasteiger partial charge is 0.495 e. The molecule has 3 nitrogen and oxygen atoms in total. The van der Waals surface area contributed by atoms with Crippen LogP contribution in [0.2, 0.25) is 5.02 Å². The minimum atomic E-state index is -0.233. The first-order valence-electron chi connectivity index (χ1n) is 6.80. The lowest BCUT2D eigenvalue weighted by molar-refractivity contribution is 0.102. The number of hydrogen-bond donors (Lipinski definition) is 1. The van der Waals surface area contributed by atoms with Gasteiger partial charge in [-0.1, -0.05) is 42.8 Å². The van der Waals surface area contributed by atoms with Crippen LogP contribution in [0.1, 0.15) is 28.4 Å². The van der Waals surface area contributed by atoms with Crippen LogP contribution in [0.4, 0.5) is 5.69 Å². The number of halogens is 1. The molecule has 1 N–H and O–H groups in total. The summed E-state index contributed by atoms with van der Waals surface area (Å²) in [5.41, 5.74) is 3.38. The van der Waals surface area contributed by atoms with Gasteiger partial charge in [0.1, 0.15) is 5.75 Å². The number of benzene rings is 2. The molecule has 0 fully saturated rings. The second-order valence-corrected chi connectivity index (χ2v) is 5.12. The van der Waals surface area contributed by atoms with Gasteiger partial charge in [0.05, 0.1) is 17.7 Å². The SMILES string of the molecule is CCc1cccc(C)c1NC(=O)c1cccc(OC)c1Cl. The quantitative estimate of drug-likeness (QED) is 0.905. The zero-order valence-electron chi connectivity index (χ0n) is 12.4. The van der Waals surface area contributed by atoms with Gasteiger partial charge in [-0.15, -0.1) is 0 Å². The van der Waals surface area contributed by atoms with Crippen LogP contribution in [0, 0.1) is 6.92 Å². The number of anilines is 1. The number of hydrogen-bond acceptors (Lipinski definition) is 2. The van der Waals surface area contributed by atoms with Crippen LogP contribution in [0.5, 0.6) is 5.75 Å². The van der Waals surface area contributed by atoms with Gasteiger partial charge in [-0.2, -0.15) is 0 Å². The van der Waals surface area contributed by atoms with Gasteiger partial charge in [-0.25, -0.2) is 0 Å². The van der Waals surface area contributed by atoms with Gasteiger partial charge in [-0.05, 0) is 36.6 Å². The number of carbonyl (C=O) groups is 1. The molecule has 0 spiro atoms. The molecule has 2 aromatic carbocycles. The van der Waals surface area contributed by atoms with E-state index in [9.17, 15) is 4.79 Å². The second kappa shape index (κ2) is 6.64. The number of rotatable bonds is 4. The van der Waals surface area contributed by atoms with E-state index in [1.54, 1.807) is 18.2 Å². The van der Waals surface area contributed by atoms with Crippen LogP contribution in [-0.2, 0) is 6.42 Å². The molecular formula is C17H18ClNO2. The second-order valence-electron chi connectivity index (χ2n) is 4.74. The van der Waals surface area contributed by atoms with Crippen LogP contribution in [0.3, 0.4) is 0 Å². The molecule has 0 atom stereocenters. The minimum absolute atomic E-state index is 0.233. The molecule has 0 heterocycles. The number of ether oxygens (including phenoxy) is 1. The molecule has 4 heteroatoms. The van der Waals surface area contributed by atoms with Crippen molar-refractivity contribution in [2.45, 2.75) is 20.3 Å². The fourth-order valence-electron chi connectivity index (χ4n) is 2.23. The molecule has 1 amide bonds. The molecule has 0 aliphatic heterocycles. The topological polar surface area (TPSA) is 38.3 Å². The first-order chi connectivity index (χ1) is 10.1. The van der Waals surface area contributed by atoms with Gasteiger partial charge in [-0.3, -0.25) is 4.79 Å². The smallest absolute Gasteiger partial charge is 0.257 e. The van der Waals surface area contributed by atoms with Crippen molar-refractivity contribution in [3.05, 3.63) is 58.1 Å². The number of carbonyl (C=O) groups excluding carboxylic acids is 1. The first kappa shape index (κ1) is 15.4. The normalized spacial score (nSPS) is 10.3.